The van der Waals surface area contributed by atoms with Gasteiger partial charge < -0.3 is 0 Å². The number of aryl methyl sites for hydroxylation is 9. The third kappa shape index (κ3) is 22.6. The molecule has 0 N–H and O–H groups in total. The zero-order valence-corrected chi connectivity index (χ0v) is 82.1. The van der Waals surface area contributed by atoms with Gasteiger partial charge in [-0.1, -0.05) is 542 Å². The maximum absolute atomic E-state index is 2.27. The number of hydrogen-bond acceptors (Lipinski definition) is 0. The highest BCUT2D eigenvalue weighted by molar-refractivity contribution is 6.22. The molecule has 0 saturated heterocycles. The molecule has 0 aliphatic heterocycles. The maximum atomic E-state index is 2.27. The monoisotopic (exact) mass is 1770 g/mol. The summed E-state index contributed by atoms with van der Waals surface area (Å²) in [5, 5.41) is 21.0. The summed E-state index contributed by atoms with van der Waals surface area (Å²) in [6.07, 6.45) is 0. The van der Waals surface area contributed by atoms with Crippen LogP contribution in [-0.4, -0.2) is 0 Å². The van der Waals surface area contributed by atoms with E-state index < -0.39 is 0 Å². The molecular weight excluding hydrogens is 1650 g/mol. The Kier molecular flexibility index (Phi) is 32.3. The summed E-state index contributed by atoms with van der Waals surface area (Å²) in [4.78, 5) is 0. The minimum absolute atomic E-state index is 1.26. The van der Waals surface area contributed by atoms with E-state index in [1.54, 1.807) is 0 Å². The van der Waals surface area contributed by atoms with Crippen molar-refractivity contribution in [2.24, 2.45) is 0 Å². The Bertz CT molecular complexity index is 7830. The first-order valence-corrected chi connectivity index (χ1v) is 48.6. The molecule has 23 aromatic carbocycles. The summed E-state index contributed by atoms with van der Waals surface area (Å²) in [7, 11) is 0. The minimum Gasteiger partial charge on any atom is -0.0683 e. The highest BCUT2D eigenvalue weighted by atomic mass is 14.2. The topological polar surface area (TPSA) is 0 Å². The normalized spacial score (nSPS) is 10.6. The van der Waals surface area contributed by atoms with Crippen molar-refractivity contribution in [3.63, 3.8) is 0 Å². The van der Waals surface area contributed by atoms with Crippen molar-refractivity contribution < 1.29 is 0 Å². The molecule has 23 aromatic rings. The summed E-state index contributed by atoms with van der Waals surface area (Å²) in [5.74, 6) is 0. The molecule has 0 atom stereocenters. The lowest BCUT2D eigenvalue weighted by Gasteiger charge is -2.17. The van der Waals surface area contributed by atoms with Gasteiger partial charge in [0.2, 0.25) is 0 Å². The third-order valence-corrected chi connectivity index (χ3v) is 25.5. The van der Waals surface area contributed by atoms with Gasteiger partial charge in [-0.25, -0.2) is 0 Å². The van der Waals surface area contributed by atoms with Crippen LogP contribution in [0.1, 0.15) is 91.6 Å². The van der Waals surface area contributed by atoms with E-state index in [0.29, 0.717) is 0 Å². The van der Waals surface area contributed by atoms with Crippen molar-refractivity contribution in [3.05, 3.63) is 529 Å². The lowest BCUT2D eigenvalue weighted by atomic mass is 9.86. The molecule has 0 aromatic heterocycles. The molecule has 0 aliphatic rings. The van der Waals surface area contributed by atoms with Crippen molar-refractivity contribution in [1.82, 2.24) is 0 Å². The molecule has 137 heavy (non-hydrogen) atoms. The summed E-state index contributed by atoms with van der Waals surface area (Å²) in [6, 6.07) is 172. The summed E-state index contributed by atoms with van der Waals surface area (Å²) in [6.45, 7) is 31.3. The predicted octanol–water partition coefficient (Wildman–Crippen LogP) is 40.2. The Hall–Kier alpha value is -15.9. The average molecular weight is 1770 g/mol. The average Bonchev–Trinajstić information content (AvgIpc) is 0.741. The first-order chi connectivity index (χ1) is 67.2. The van der Waals surface area contributed by atoms with Gasteiger partial charge in [0, 0.05) is 0 Å². The second-order valence-electron chi connectivity index (χ2n) is 34.8. The van der Waals surface area contributed by atoms with Crippen molar-refractivity contribution in [2.75, 3.05) is 0 Å². The van der Waals surface area contributed by atoms with E-state index in [9.17, 15) is 0 Å². The van der Waals surface area contributed by atoms with E-state index in [0.717, 1.165) is 0 Å². The third-order valence-electron chi connectivity index (χ3n) is 25.5. The molecule has 0 saturated carbocycles. The van der Waals surface area contributed by atoms with Gasteiger partial charge in [0.05, 0.1) is 0 Å². The van der Waals surface area contributed by atoms with Crippen molar-refractivity contribution >= 4 is 86.2 Å². The standard InChI is InChI=1S/C27H20.2C23H18.C22H18.2C18H16.3C2H6/c1-19-15-17-21(18-16-19)27-24-13-7-5-11-22(24)26(20-9-3-2-4-10-20)23-12-6-8-14-25(23)27;1-17-11-13-19(14-12-17)21-16-15-20(18-7-3-2-4-8-18)22-9-5-6-10-23(21)22;1-17-7-9-19(10-8-17)21-12-14-22-15-20(11-13-23(22)16-21)18-5-3-2-4-6-18;1-15-11-13-17(14-12-15)22-20-9-5-3-7-18(20)16(2)19-8-4-6-10-21(19)22;1-13-3-6-15(7-4-13)17-10-9-16-11-14(2)5-8-18(16)12-17;1-13-7-10-15(11-8-13)17-12-9-14(2)16-5-3-4-6-18(16)17;3*1-2/h2-18H,1H3;2*2-16H,1H3;3-14H,1-2H3;2*3-12H,1-2H3;3*1-2H3. The Balaban J connectivity index is 0.000000124. The Labute approximate surface area is 813 Å². The van der Waals surface area contributed by atoms with Crippen LogP contribution in [-0.2, 0) is 0 Å². The molecule has 0 spiro atoms. The van der Waals surface area contributed by atoms with Gasteiger partial charge in [0.25, 0.3) is 0 Å². The largest absolute Gasteiger partial charge is 0.0683 e. The number of rotatable bonds is 9. The lowest BCUT2D eigenvalue weighted by Crippen LogP contribution is -1.90. The second kappa shape index (κ2) is 46.2. The van der Waals surface area contributed by atoms with Gasteiger partial charge in [0.1, 0.15) is 0 Å². The molecule has 0 nitrogen and oxygen atoms in total. The molecule has 0 radical (unpaired) electrons. The van der Waals surface area contributed by atoms with Gasteiger partial charge in [-0.05, 0) is 278 Å². The number of hydrogen-bond donors (Lipinski definition) is 0. The van der Waals surface area contributed by atoms with Crippen LogP contribution in [0.25, 0.3) is 186 Å². The van der Waals surface area contributed by atoms with E-state index in [1.807, 2.05) is 41.5 Å². The Morgan fingerprint density at radius 3 is 0.628 bits per heavy atom. The van der Waals surface area contributed by atoms with E-state index in [4.69, 9.17) is 0 Å². The van der Waals surface area contributed by atoms with Crippen molar-refractivity contribution in [3.8, 4) is 100 Å². The number of benzene rings is 23. The second-order valence-corrected chi connectivity index (χ2v) is 34.8. The van der Waals surface area contributed by atoms with Crippen LogP contribution in [0.2, 0.25) is 0 Å². The Morgan fingerprint density at radius 2 is 0.307 bits per heavy atom. The SMILES string of the molecule is CC.CC.CC.Cc1ccc(-c2c3ccccc3c(-c3ccccc3)c3ccccc23)cc1.Cc1ccc(-c2c3ccccc3c(C)c3ccccc23)cc1.Cc1ccc(-c2ccc(-c3ccccc3)c3ccccc23)cc1.Cc1ccc(-c2ccc(C)c3ccccc23)cc1.Cc1ccc(-c2ccc3cc(-c4ccccc4)ccc3c2)cc1.Cc1ccc(-c2ccc3cc(C)ccc3c2)cc1. The van der Waals surface area contributed by atoms with Gasteiger partial charge in [0.15, 0.2) is 0 Å². The summed E-state index contributed by atoms with van der Waals surface area (Å²) in [5.41, 5.74) is 34.9. The van der Waals surface area contributed by atoms with Crippen LogP contribution < -0.4 is 0 Å². The van der Waals surface area contributed by atoms with E-state index >= 15 is 0 Å². The molecule has 0 aliphatic carbocycles. The highest BCUT2D eigenvalue weighted by Crippen LogP contribution is 2.46. The molecule has 0 unspecified atom stereocenters. The van der Waals surface area contributed by atoms with E-state index in [1.165, 1.54) is 236 Å². The van der Waals surface area contributed by atoms with Crippen LogP contribution in [0, 0.1) is 62.3 Å². The van der Waals surface area contributed by atoms with Crippen LogP contribution in [0.4, 0.5) is 0 Å². The smallest absolute Gasteiger partial charge is 0.00264 e. The van der Waals surface area contributed by atoms with E-state index in [2.05, 4.69) is 542 Å². The van der Waals surface area contributed by atoms with Crippen LogP contribution >= 0.6 is 0 Å². The highest BCUT2D eigenvalue weighted by Gasteiger charge is 2.19. The zero-order chi connectivity index (χ0) is 95.7. The first kappa shape index (κ1) is 95.7. The Morgan fingerprint density at radius 1 is 0.117 bits per heavy atom. The van der Waals surface area contributed by atoms with Gasteiger partial charge in [-0.3, -0.25) is 0 Å². The molecule has 0 heterocycles. The van der Waals surface area contributed by atoms with Gasteiger partial charge in [-0.2, -0.15) is 0 Å². The lowest BCUT2D eigenvalue weighted by molar-refractivity contribution is 1.47. The van der Waals surface area contributed by atoms with Crippen LogP contribution in [0.3, 0.4) is 0 Å². The predicted molar refractivity (Wildman–Crippen MR) is 604 cm³/mol. The van der Waals surface area contributed by atoms with Crippen molar-refractivity contribution in [2.45, 2.75) is 104 Å². The van der Waals surface area contributed by atoms with Gasteiger partial charge >= 0.3 is 0 Å². The molecule has 672 valence electrons. The van der Waals surface area contributed by atoms with Crippen molar-refractivity contribution in [1.29, 1.82) is 0 Å². The van der Waals surface area contributed by atoms with Gasteiger partial charge in [-0.15, -0.1) is 0 Å². The molecular formula is C137H124. The zero-order valence-electron chi connectivity index (χ0n) is 82.1. The minimum atomic E-state index is 1.26. The summed E-state index contributed by atoms with van der Waals surface area (Å²) >= 11 is 0. The molecule has 0 amide bonds. The number of fused-ring (bicyclic) bond motifs is 8. The molecule has 0 heteroatoms. The molecule has 0 fully saturated rings. The van der Waals surface area contributed by atoms with Crippen LogP contribution in [0.5, 0.6) is 0 Å². The maximum Gasteiger partial charge on any atom is -0.00264 e. The van der Waals surface area contributed by atoms with E-state index in [-0.39, 0.29) is 0 Å². The summed E-state index contributed by atoms with van der Waals surface area (Å²) < 4.78 is 0. The molecule has 23 rings (SSSR count). The fourth-order valence-corrected chi connectivity index (χ4v) is 18.3. The fourth-order valence-electron chi connectivity index (χ4n) is 18.3. The quantitative estimate of drug-likeness (QED) is 0.126. The molecule has 0 bridgehead atoms. The first-order valence-electron chi connectivity index (χ1n) is 48.6. The van der Waals surface area contributed by atoms with Crippen LogP contribution in [0.15, 0.2) is 479 Å². The fraction of sp³-hybridized carbons (Fsp3) is 0.109.